The Balaban J connectivity index is 1.56. The van der Waals surface area contributed by atoms with E-state index in [-0.39, 0.29) is 6.54 Å². The normalized spacial score (nSPS) is 20.0. The highest BCUT2D eigenvalue weighted by atomic mass is 19.4. The van der Waals surface area contributed by atoms with Gasteiger partial charge in [0.15, 0.2) is 0 Å². The zero-order chi connectivity index (χ0) is 19.6. The quantitative estimate of drug-likeness (QED) is 0.853. The van der Waals surface area contributed by atoms with Crippen molar-refractivity contribution >= 4 is 22.9 Å². The molecule has 27 heavy (non-hydrogen) atoms. The number of carboxylic acid groups (broad SMARTS) is 1. The number of benzene rings is 1. The van der Waals surface area contributed by atoms with Gasteiger partial charge in [0.1, 0.15) is 0 Å². The molecule has 0 saturated carbocycles. The van der Waals surface area contributed by atoms with E-state index in [0.29, 0.717) is 6.42 Å². The molecule has 6 nitrogen and oxygen atoms in total. The molecule has 1 aliphatic heterocycles. The lowest BCUT2D eigenvalue weighted by atomic mass is 9.96. The monoisotopic (exact) mass is 381 g/mol. The molecule has 144 valence electrons. The largest absolute Gasteiger partial charge is 0.481 e. The molecule has 9 heteroatoms. The van der Waals surface area contributed by atoms with Gasteiger partial charge in [0, 0.05) is 37.1 Å². The van der Waals surface area contributed by atoms with Crippen LogP contribution >= 0.6 is 0 Å². The van der Waals surface area contributed by atoms with E-state index in [4.69, 9.17) is 5.11 Å². The summed E-state index contributed by atoms with van der Waals surface area (Å²) in [6.07, 6.45) is -4.25. The molecule has 0 radical (unpaired) electrons. The first-order valence-electron chi connectivity index (χ1n) is 8.42. The fourth-order valence-electron chi connectivity index (χ4n) is 3.21. The first-order valence-corrected chi connectivity index (χ1v) is 8.42. The highest BCUT2D eigenvalue weighted by molar-refractivity contribution is 5.79. The summed E-state index contributed by atoms with van der Waals surface area (Å²) in [7, 11) is 0. The number of carboxylic acids is 1. The molecule has 0 aliphatic carbocycles. The van der Waals surface area contributed by atoms with Gasteiger partial charge in [-0.15, -0.1) is 0 Å². The van der Waals surface area contributed by atoms with Crippen molar-refractivity contribution < 1.29 is 27.9 Å². The smallest absolute Gasteiger partial charge is 0.394 e. The number of nitrogens with one attached hydrogen (secondary N) is 1. The Bertz CT molecular complexity index is 856. The van der Waals surface area contributed by atoms with Gasteiger partial charge in [0.25, 0.3) is 0 Å². The minimum atomic E-state index is -4.66. The molecule has 2 aromatic rings. The average Bonchev–Trinajstić information content (AvgIpc) is 3.08. The molecule has 2 amide bonds. The number of alkyl halides is 3. The van der Waals surface area contributed by atoms with E-state index < -0.39 is 43.1 Å². The third-order valence-electron chi connectivity index (χ3n) is 4.66. The number of likely N-dealkylation sites (tertiary alicyclic amines) is 1. The summed E-state index contributed by atoms with van der Waals surface area (Å²) >= 11 is 0. The van der Waals surface area contributed by atoms with Crippen molar-refractivity contribution in [1.82, 2.24) is 15.2 Å². The molecule has 0 spiro atoms. The lowest BCUT2D eigenvalue weighted by Crippen LogP contribution is -2.40. The molecular weight excluding hydrogens is 363 g/mol. The van der Waals surface area contributed by atoms with E-state index in [1.807, 2.05) is 36.4 Å². The highest BCUT2D eigenvalue weighted by Gasteiger charge is 2.53. The second-order valence-corrected chi connectivity index (χ2v) is 6.48. The van der Waals surface area contributed by atoms with Crippen LogP contribution < -0.4 is 5.32 Å². The van der Waals surface area contributed by atoms with Crippen LogP contribution in [0.2, 0.25) is 0 Å². The predicted octanol–water partition coefficient (Wildman–Crippen LogP) is 2.68. The van der Waals surface area contributed by atoms with Crippen LogP contribution in [0.1, 0.15) is 5.69 Å². The number of amides is 2. The summed E-state index contributed by atoms with van der Waals surface area (Å²) in [5, 5.41) is 12.5. The first-order chi connectivity index (χ1) is 12.8. The average molecular weight is 381 g/mol. The molecule has 1 aromatic carbocycles. The Labute approximate surface area is 153 Å². The fourth-order valence-corrected chi connectivity index (χ4v) is 3.21. The molecule has 1 aromatic heterocycles. The van der Waals surface area contributed by atoms with Gasteiger partial charge in [-0.2, -0.15) is 13.2 Å². The van der Waals surface area contributed by atoms with Crippen LogP contribution in [0.4, 0.5) is 18.0 Å². The van der Waals surface area contributed by atoms with Crippen molar-refractivity contribution in [3.63, 3.8) is 0 Å². The maximum atomic E-state index is 13.0. The first kappa shape index (κ1) is 18.9. The van der Waals surface area contributed by atoms with Crippen LogP contribution in [0.25, 0.3) is 10.9 Å². The molecule has 0 bridgehead atoms. The standard InChI is InChI=1S/C18H18F3N3O3/c19-18(20,21)14-10-24(9-13(14)16(25)26)17(27)22-8-7-12-6-5-11-3-1-2-4-15(11)23-12/h1-6,13-14H,7-10H2,(H,22,27)(H,25,26)/t13-,14-/m1/s1. The summed E-state index contributed by atoms with van der Waals surface area (Å²) < 4.78 is 38.9. The SMILES string of the molecule is O=C(O)[C@@H]1CN(C(=O)NCCc2ccc3ccccc3n2)C[C@H]1C(F)(F)F. The van der Waals surface area contributed by atoms with E-state index >= 15 is 0 Å². The number of hydrogen-bond acceptors (Lipinski definition) is 3. The number of rotatable bonds is 4. The van der Waals surface area contributed by atoms with Gasteiger partial charge in [-0.3, -0.25) is 9.78 Å². The molecule has 1 fully saturated rings. The van der Waals surface area contributed by atoms with Gasteiger partial charge in [-0.1, -0.05) is 24.3 Å². The zero-order valence-electron chi connectivity index (χ0n) is 14.2. The third kappa shape index (κ3) is 4.29. The molecular formula is C18H18F3N3O3. The van der Waals surface area contributed by atoms with Crippen LogP contribution in [-0.4, -0.2) is 52.8 Å². The van der Waals surface area contributed by atoms with Gasteiger partial charge < -0.3 is 15.3 Å². The van der Waals surface area contributed by atoms with Crippen LogP contribution in [0.3, 0.4) is 0 Å². The van der Waals surface area contributed by atoms with Crippen molar-refractivity contribution in [3.8, 4) is 0 Å². The van der Waals surface area contributed by atoms with E-state index in [2.05, 4.69) is 10.3 Å². The Morgan fingerprint density at radius 3 is 2.59 bits per heavy atom. The van der Waals surface area contributed by atoms with Gasteiger partial charge in [-0.25, -0.2) is 4.79 Å². The lowest BCUT2D eigenvalue weighted by molar-refractivity contribution is -0.187. The summed E-state index contributed by atoms with van der Waals surface area (Å²) in [6, 6.07) is 10.6. The number of carbonyl (C=O) groups excluding carboxylic acids is 1. The molecule has 0 unspecified atom stereocenters. The second-order valence-electron chi connectivity index (χ2n) is 6.48. The molecule has 2 atom stereocenters. The summed E-state index contributed by atoms with van der Waals surface area (Å²) in [4.78, 5) is 28.6. The Morgan fingerprint density at radius 1 is 1.19 bits per heavy atom. The van der Waals surface area contributed by atoms with Crippen LogP contribution in [-0.2, 0) is 11.2 Å². The van der Waals surface area contributed by atoms with Gasteiger partial charge in [0.2, 0.25) is 0 Å². The van der Waals surface area contributed by atoms with Crippen molar-refractivity contribution in [2.45, 2.75) is 12.6 Å². The zero-order valence-corrected chi connectivity index (χ0v) is 14.2. The lowest BCUT2D eigenvalue weighted by Gasteiger charge is -2.18. The summed E-state index contributed by atoms with van der Waals surface area (Å²) in [5.41, 5.74) is 1.56. The minimum Gasteiger partial charge on any atom is -0.481 e. The number of fused-ring (bicyclic) bond motifs is 1. The molecule has 1 saturated heterocycles. The number of nitrogens with zero attached hydrogens (tertiary/aromatic N) is 2. The maximum absolute atomic E-state index is 13.0. The predicted molar refractivity (Wildman–Crippen MR) is 91.1 cm³/mol. The van der Waals surface area contributed by atoms with E-state index in [0.717, 1.165) is 21.5 Å². The van der Waals surface area contributed by atoms with Crippen LogP contribution in [0.15, 0.2) is 36.4 Å². The number of aliphatic carboxylic acids is 1. The number of carbonyl (C=O) groups is 2. The minimum absolute atomic E-state index is 0.190. The number of para-hydroxylation sites is 1. The summed E-state index contributed by atoms with van der Waals surface area (Å²) in [6.45, 7) is -0.921. The van der Waals surface area contributed by atoms with Crippen molar-refractivity contribution in [1.29, 1.82) is 0 Å². The van der Waals surface area contributed by atoms with Crippen LogP contribution in [0.5, 0.6) is 0 Å². The molecule has 2 heterocycles. The number of aromatic nitrogens is 1. The molecule has 1 aliphatic rings. The molecule has 3 rings (SSSR count). The van der Waals surface area contributed by atoms with E-state index in [9.17, 15) is 22.8 Å². The second kappa shape index (κ2) is 7.42. The number of hydrogen-bond donors (Lipinski definition) is 2. The van der Waals surface area contributed by atoms with Gasteiger partial charge >= 0.3 is 18.2 Å². The molecule has 2 N–H and O–H groups in total. The van der Waals surface area contributed by atoms with Crippen LogP contribution in [0, 0.1) is 11.8 Å². The highest BCUT2D eigenvalue weighted by Crippen LogP contribution is 2.37. The maximum Gasteiger partial charge on any atom is 0.394 e. The third-order valence-corrected chi connectivity index (χ3v) is 4.66. The Kier molecular flexibility index (Phi) is 5.20. The Hall–Kier alpha value is -2.84. The van der Waals surface area contributed by atoms with E-state index in [1.165, 1.54) is 0 Å². The van der Waals surface area contributed by atoms with E-state index in [1.54, 1.807) is 0 Å². The van der Waals surface area contributed by atoms with Crippen molar-refractivity contribution in [2.24, 2.45) is 11.8 Å². The summed E-state index contributed by atoms with van der Waals surface area (Å²) in [5.74, 6) is -5.24. The Morgan fingerprint density at radius 2 is 1.93 bits per heavy atom. The number of pyridine rings is 1. The topological polar surface area (TPSA) is 82.5 Å². The number of halogens is 3. The van der Waals surface area contributed by atoms with Crippen molar-refractivity contribution in [2.75, 3.05) is 19.6 Å². The van der Waals surface area contributed by atoms with Crippen molar-refractivity contribution in [3.05, 3.63) is 42.1 Å². The number of urea groups is 1. The fraction of sp³-hybridized carbons (Fsp3) is 0.389. The van der Waals surface area contributed by atoms with Gasteiger partial charge in [-0.05, 0) is 12.1 Å². The van der Waals surface area contributed by atoms with Gasteiger partial charge in [0.05, 0.1) is 17.4 Å².